The Hall–Kier alpha value is -4.09. The van der Waals surface area contributed by atoms with Gasteiger partial charge in [-0.05, 0) is 50.2 Å². The summed E-state index contributed by atoms with van der Waals surface area (Å²) < 4.78 is 36.5. The van der Waals surface area contributed by atoms with E-state index in [9.17, 15) is 14.2 Å². The molecule has 0 unspecified atom stereocenters. The predicted molar refractivity (Wildman–Crippen MR) is 129 cm³/mol. The van der Waals surface area contributed by atoms with Crippen LogP contribution in [0.3, 0.4) is 0 Å². The van der Waals surface area contributed by atoms with Gasteiger partial charge in [-0.2, -0.15) is 0 Å². The summed E-state index contributed by atoms with van der Waals surface area (Å²) in [5, 5.41) is 0.233. The van der Waals surface area contributed by atoms with Crippen LogP contribution < -0.4 is 23.8 Å². The van der Waals surface area contributed by atoms with Crippen molar-refractivity contribution in [3.63, 3.8) is 0 Å². The molecule has 0 aromatic heterocycles. The normalized spacial score (nSPS) is 10.6. The summed E-state index contributed by atoms with van der Waals surface area (Å²) in [5.41, 5.74) is 0.371. The number of para-hydroxylation sites is 4. The smallest absolute Gasteiger partial charge is 0.419 e. The van der Waals surface area contributed by atoms with Gasteiger partial charge in [0.15, 0.2) is 23.0 Å². The van der Waals surface area contributed by atoms with E-state index in [-0.39, 0.29) is 39.4 Å². The molecule has 8 heteroatoms. The standard InChI is InChI=1S/C26H23O7P/c1-18(2)25(27)30-21-14-8-10-16-23(21)32-34(29,20-12-6-5-7-13-20)33-24-17-11-9-15-22(24)31-26(28)19(3)4/h5-17H,1,3H2,2,4H3. The van der Waals surface area contributed by atoms with Gasteiger partial charge in [0.1, 0.15) is 0 Å². The van der Waals surface area contributed by atoms with Crippen molar-refractivity contribution in [2.24, 2.45) is 0 Å². The Balaban J connectivity index is 2.02. The molecule has 0 saturated carbocycles. The molecule has 0 heterocycles. The molecular formula is C26H23O7P. The number of ether oxygens (including phenoxy) is 2. The van der Waals surface area contributed by atoms with Gasteiger partial charge in [0.05, 0.1) is 5.30 Å². The van der Waals surface area contributed by atoms with Crippen LogP contribution in [0.25, 0.3) is 0 Å². The summed E-state index contributed by atoms with van der Waals surface area (Å²) in [7, 11) is -4.13. The molecule has 3 aromatic carbocycles. The van der Waals surface area contributed by atoms with Crippen LogP contribution in [0.5, 0.6) is 23.0 Å². The molecule has 174 valence electrons. The molecule has 0 radical (unpaired) electrons. The van der Waals surface area contributed by atoms with Crippen LogP contribution in [-0.2, 0) is 14.2 Å². The van der Waals surface area contributed by atoms with Gasteiger partial charge in [0.2, 0.25) is 0 Å². The van der Waals surface area contributed by atoms with Gasteiger partial charge in [-0.25, -0.2) is 14.2 Å². The minimum absolute atomic E-state index is 0.0145. The second-order valence-corrected chi connectivity index (χ2v) is 9.13. The molecule has 3 rings (SSSR count). The lowest BCUT2D eigenvalue weighted by molar-refractivity contribution is -0.131. The molecule has 0 saturated heterocycles. The Morgan fingerprint density at radius 3 is 1.35 bits per heavy atom. The third-order valence-electron chi connectivity index (χ3n) is 4.31. The Bertz CT molecular complexity index is 1200. The van der Waals surface area contributed by atoms with Crippen molar-refractivity contribution in [2.75, 3.05) is 0 Å². The van der Waals surface area contributed by atoms with Crippen molar-refractivity contribution >= 4 is 24.8 Å². The molecule has 0 aliphatic rings. The summed E-state index contributed by atoms with van der Waals surface area (Å²) in [4.78, 5) is 24.1. The minimum Gasteiger partial charge on any atom is -0.419 e. The van der Waals surface area contributed by atoms with E-state index < -0.39 is 19.5 Å². The van der Waals surface area contributed by atoms with E-state index in [0.717, 1.165) is 0 Å². The number of rotatable bonds is 9. The molecule has 0 atom stereocenters. The van der Waals surface area contributed by atoms with Crippen LogP contribution in [-0.4, -0.2) is 11.9 Å². The quantitative estimate of drug-likeness (QED) is 0.171. The maximum absolute atomic E-state index is 14.1. The number of hydrogen-bond acceptors (Lipinski definition) is 7. The highest BCUT2D eigenvalue weighted by Crippen LogP contribution is 2.51. The fraction of sp³-hybridized carbons (Fsp3) is 0.0769. The van der Waals surface area contributed by atoms with Crippen molar-refractivity contribution in [1.82, 2.24) is 0 Å². The predicted octanol–water partition coefficient (Wildman–Crippen LogP) is 5.63. The number of benzene rings is 3. The molecule has 3 aromatic rings. The number of carbonyl (C=O) groups excluding carboxylic acids is 2. The van der Waals surface area contributed by atoms with Gasteiger partial charge in [-0.15, -0.1) is 0 Å². The van der Waals surface area contributed by atoms with Gasteiger partial charge in [-0.3, -0.25) is 0 Å². The summed E-state index contributed by atoms with van der Waals surface area (Å²) in [5.74, 6) is -1.22. The van der Waals surface area contributed by atoms with Crippen LogP contribution >= 0.6 is 7.60 Å². The van der Waals surface area contributed by atoms with E-state index in [1.807, 2.05) is 0 Å². The molecule has 0 aliphatic carbocycles. The van der Waals surface area contributed by atoms with Gasteiger partial charge >= 0.3 is 19.5 Å². The zero-order chi connectivity index (χ0) is 24.7. The largest absolute Gasteiger partial charge is 0.463 e. The van der Waals surface area contributed by atoms with E-state index in [1.54, 1.807) is 54.6 Å². The molecule has 0 fully saturated rings. The summed E-state index contributed by atoms with van der Waals surface area (Å²) in [6.07, 6.45) is 0. The van der Waals surface area contributed by atoms with E-state index in [0.29, 0.717) is 0 Å². The monoisotopic (exact) mass is 478 g/mol. The average molecular weight is 478 g/mol. The first-order valence-electron chi connectivity index (χ1n) is 10.2. The topological polar surface area (TPSA) is 88.1 Å². The Kier molecular flexibility index (Phi) is 7.71. The first kappa shape index (κ1) is 24.6. The maximum atomic E-state index is 14.1. The molecule has 0 N–H and O–H groups in total. The third-order valence-corrected chi connectivity index (χ3v) is 6.11. The van der Waals surface area contributed by atoms with E-state index >= 15 is 0 Å². The van der Waals surface area contributed by atoms with Crippen LogP contribution in [0.2, 0.25) is 0 Å². The van der Waals surface area contributed by atoms with Gasteiger partial charge in [0, 0.05) is 11.1 Å². The molecule has 0 spiro atoms. The van der Waals surface area contributed by atoms with Crippen LogP contribution in [0, 0.1) is 0 Å². The second kappa shape index (κ2) is 10.7. The molecule has 0 bridgehead atoms. The molecule has 0 aliphatic heterocycles. The molecule has 7 nitrogen and oxygen atoms in total. The Labute approximate surface area is 197 Å². The highest BCUT2D eigenvalue weighted by molar-refractivity contribution is 7.63. The average Bonchev–Trinajstić information content (AvgIpc) is 2.82. The molecule has 0 amide bonds. The van der Waals surface area contributed by atoms with Gasteiger partial charge < -0.3 is 18.5 Å². The third kappa shape index (κ3) is 6.03. The first-order chi connectivity index (χ1) is 16.2. The van der Waals surface area contributed by atoms with E-state index in [2.05, 4.69) is 13.2 Å². The number of esters is 2. The fourth-order valence-corrected chi connectivity index (χ4v) is 4.19. The fourth-order valence-electron chi connectivity index (χ4n) is 2.59. The summed E-state index contributed by atoms with van der Waals surface area (Å²) in [6.45, 7) is 10.1. The lowest BCUT2D eigenvalue weighted by Crippen LogP contribution is -2.16. The Morgan fingerprint density at radius 1 is 0.618 bits per heavy atom. The second-order valence-electron chi connectivity index (χ2n) is 7.25. The van der Waals surface area contributed by atoms with Crippen molar-refractivity contribution in [1.29, 1.82) is 0 Å². The SMILES string of the molecule is C=C(C)C(=O)Oc1ccccc1OP(=O)(Oc1ccccc1OC(=O)C(=C)C)c1ccccc1. The van der Waals surface area contributed by atoms with Crippen molar-refractivity contribution < 1.29 is 32.7 Å². The summed E-state index contributed by atoms with van der Waals surface area (Å²) >= 11 is 0. The van der Waals surface area contributed by atoms with Crippen molar-refractivity contribution in [3.05, 3.63) is 103 Å². The summed E-state index contributed by atoms with van der Waals surface area (Å²) in [6, 6.07) is 20.8. The van der Waals surface area contributed by atoms with Crippen molar-refractivity contribution in [2.45, 2.75) is 13.8 Å². The minimum atomic E-state index is -4.13. The molecular weight excluding hydrogens is 455 g/mol. The highest BCUT2D eigenvalue weighted by atomic mass is 31.2. The number of hydrogen-bond donors (Lipinski definition) is 0. The van der Waals surface area contributed by atoms with Crippen LogP contribution in [0.1, 0.15) is 13.8 Å². The maximum Gasteiger partial charge on any atom is 0.463 e. The van der Waals surface area contributed by atoms with Crippen LogP contribution in [0.4, 0.5) is 0 Å². The van der Waals surface area contributed by atoms with Crippen LogP contribution in [0.15, 0.2) is 103 Å². The van der Waals surface area contributed by atoms with Crippen molar-refractivity contribution in [3.8, 4) is 23.0 Å². The lowest BCUT2D eigenvalue weighted by Gasteiger charge is -2.22. The van der Waals surface area contributed by atoms with E-state index in [1.165, 1.54) is 38.1 Å². The zero-order valence-corrected chi connectivity index (χ0v) is 19.6. The molecule has 34 heavy (non-hydrogen) atoms. The highest BCUT2D eigenvalue weighted by Gasteiger charge is 2.34. The number of carbonyl (C=O) groups is 2. The van der Waals surface area contributed by atoms with Gasteiger partial charge in [-0.1, -0.05) is 55.6 Å². The Morgan fingerprint density at radius 2 is 0.971 bits per heavy atom. The van der Waals surface area contributed by atoms with E-state index in [4.69, 9.17) is 18.5 Å². The first-order valence-corrected chi connectivity index (χ1v) is 11.7. The zero-order valence-electron chi connectivity index (χ0n) is 18.7. The lowest BCUT2D eigenvalue weighted by atomic mass is 10.3. The van der Waals surface area contributed by atoms with Gasteiger partial charge in [0.25, 0.3) is 0 Å².